The van der Waals surface area contributed by atoms with Crippen LogP contribution in [0.1, 0.15) is 60.9 Å². The number of ether oxygens (including phenoxy) is 2. The van der Waals surface area contributed by atoms with Crippen molar-refractivity contribution in [3.8, 4) is 17.2 Å². The van der Waals surface area contributed by atoms with Crippen LogP contribution < -0.4 is 35.6 Å². The summed E-state index contributed by atoms with van der Waals surface area (Å²) >= 11 is 0. The Bertz CT molecular complexity index is 2870. The largest absolute Gasteiger partial charge is 0.495 e. The summed E-state index contributed by atoms with van der Waals surface area (Å²) in [4.78, 5) is 77.5. The predicted octanol–water partition coefficient (Wildman–Crippen LogP) is 6.38. The molecule has 0 spiro atoms. The highest BCUT2D eigenvalue weighted by atomic mass is 19.1. The molecule has 5 fully saturated rings. The SMILES string of the molecule is COc1cc2c(Oc3ccc(NC(=O)C4(C(=O)Nc5ccc(F)cc5)CC4)cc3)ccnc2cc1N1CCC(CN2C[C@@H]3C[C@H]2CN3CCNc2ccc3c(c2)CN(C2CCC(=O)NC2=O)C3=O)CC1. The minimum atomic E-state index is -1.17. The third-order valence-electron chi connectivity index (χ3n) is 15.2. The summed E-state index contributed by atoms with van der Waals surface area (Å²) < 4.78 is 25.7. The van der Waals surface area contributed by atoms with Gasteiger partial charge in [0.2, 0.25) is 23.6 Å². The molecule has 5 aliphatic heterocycles. The number of nitrogens with one attached hydrogen (secondary N) is 4. The Morgan fingerprint density at radius 3 is 2.21 bits per heavy atom. The molecule has 1 unspecified atom stereocenters. The summed E-state index contributed by atoms with van der Waals surface area (Å²) in [6.07, 6.45) is 6.59. The fraction of sp³-hybridized carbons (Fsp3) is 0.396. The molecule has 2 bridgehead atoms. The summed E-state index contributed by atoms with van der Waals surface area (Å²) in [6.45, 7) is 7.26. The number of hydrogen-bond acceptors (Lipinski definition) is 12. The van der Waals surface area contributed by atoms with Crippen LogP contribution in [0.25, 0.3) is 10.9 Å². The number of halogens is 1. The van der Waals surface area contributed by atoms with Gasteiger partial charge in [-0.3, -0.25) is 44.1 Å². The Kier molecular flexibility index (Phi) is 12.1. The molecule has 11 rings (SSSR count). The van der Waals surface area contributed by atoms with Gasteiger partial charge in [0, 0.05) is 105 Å². The number of carbonyl (C=O) groups excluding carboxylic acids is 5. The molecule has 5 amide bonds. The molecule has 4 aromatic carbocycles. The molecule has 1 aliphatic carbocycles. The summed E-state index contributed by atoms with van der Waals surface area (Å²) in [5.41, 5.74) is 4.11. The van der Waals surface area contributed by atoms with Crippen molar-refractivity contribution in [1.82, 2.24) is 25.0 Å². The van der Waals surface area contributed by atoms with E-state index in [2.05, 4.69) is 42.0 Å². The number of likely N-dealkylation sites (tertiary alicyclic amines) is 2. The second kappa shape index (κ2) is 18.7. The Labute approximate surface area is 404 Å². The molecular formula is C53H56FN9O7. The molecule has 1 aromatic heterocycles. The zero-order valence-corrected chi connectivity index (χ0v) is 39.0. The Hall–Kier alpha value is -7.11. The van der Waals surface area contributed by atoms with E-state index in [0.717, 1.165) is 92.2 Å². The van der Waals surface area contributed by atoms with Gasteiger partial charge in [-0.15, -0.1) is 0 Å². The van der Waals surface area contributed by atoms with Crippen LogP contribution in [0.3, 0.4) is 0 Å². The van der Waals surface area contributed by atoms with Crippen molar-refractivity contribution >= 4 is 63.2 Å². The van der Waals surface area contributed by atoms with Crippen LogP contribution in [0.15, 0.2) is 91.1 Å². The zero-order chi connectivity index (χ0) is 48.1. The lowest BCUT2D eigenvalue weighted by atomic mass is 9.95. The monoisotopic (exact) mass is 949 g/mol. The molecule has 3 atom stereocenters. The third kappa shape index (κ3) is 8.99. The minimum Gasteiger partial charge on any atom is -0.495 e. The van der Waals surface area contributed by atoms with E-state index in [1.54, 1.807) is 42.5 Å². The van der Waals surface area contributed by atoms with Crippen molar-refractivity contribution in [1.29, 1.82) is 0 Å². The maximum absolute atomic E-state index is 13.3. The second-order valence-electron chi connectivity index (χ2n) is 19.6. The van der Waals surface area contributed by atoms with Gasteiger partial charge in [0.1, 0.15) is 34.5 Å². The molecule has 362 valence electrons. The van der Waals surface area contributed by atoms with Crippen LogP contribution >= 0.6 is 0 Å². The zero-order valence-electron chi connectivity index (χ0n) is 39.0. The number of imide groups is 1. The maximum atomic E-state index is 13.3. The predicted molar refractivity (Wildman–Crippen MR) is 261 cm³/mol. The van der Waals surface area contributed by atoms with Crippen molar-refractivity contribution in [3.05, 3.63) is 108 Å². The molecule has 17 heteroatoms. The molecule has 6 heterocycles. The molecule has 1 saturated carbocycles. The van der Waals surface area contributed by atoms with Gasteiger partial charge >= 0.3 is 0 Å². The lowest BCUT2D eigenvalue weighted by molar-refractivity contribution is -0.137. The van der Waals surface area contributed by atoms with Gasteiger partial charge in [-0.25, -0.2) is 4.39 Å². The average molecular weight is 950 g/mol. The first-order valence-corrected chi connectivity index (χ1v) is 24.4. The Balaban J connectivity index is 0.639. The first kappa shape index (κ1) is 45.3. The molecular weight excluding hydrogens is 894 g/mol. The number of fused-ring (bicyclic) bond motifs is 4. The molecule has 0 radical (unpaired) electrons. The molecule has 16 nitrogen and oxygen atoms in total. The summed E-state index contributed by atoms with van der Waals surface area (Å²) in [5, 5.41) is 12.4. The number of piperidine rings is 2. The lowest BCUT2D eigenvalue weighted by Crippen LogP contribution is -2.52. The van der Waals surface area contributed by atoms with E-state index in [4.69, 9.17) is 14.5 Å². The van der Waals surface area contributed by atoms with Gasteiger partial charge in [0.05, 0.1) is 18.3 Å². The number of amides is 5. The number of pyridine rings is 1. The van der Waals surface area contributed by atoms with Gasteiger partial charge in [0.15, 0.2) is 0 Å². The normalized spacial score (nSPS) is 22.0. The molecule has 70 heavy (non-hydrogen) atoms. The minimum absolute atomic E-state index is 0.155. The van der Waals surface area contributed by atoms with Crippen molar-refractivity contribution in [3.63, 3.8) is 0 Å². The molecule has 6 aliphatic rings. The second-order valence-corrected chi connectivity index (χ2v) is 19.6. The number of carbonyl (C=O) groups is 5. The van der Waals surface area contributed by atoms with Gasteiger partial charge in [-0.2, -0.15) is 0 Å². The van der Waals surface area contributed by atoms with Crippen LogP contribution in [-0.4, -0.2) is 120 Å². The number of piperazine rings is 1. The van der Waals surface area contributed by atoms with Crippen molar-refractivity contribution in [2.24, 2.45) is 11.3 Å². The number of methoxy groups -OCH3 is 1. The van der Waals surface area contributed by atoms with Crippen LogP contribution in [-0.2, 0) is 25.7 Å². The Morgan fingerprint density at radius 1 is 0.829 bits per heavy atom. The highest BCUT2D eigenvalue weighted by Gasteiger charge is 2.56. The fourth-order valence-corrected chi connectivity index (χ4v) is 11.1. The van der Waals surface area contributed by atoms with E-state index >= 15 is 0 Å². The first-order valence-electron chi connectivity index (χ1n) is 24.4. The van der Waals surface area contributed by atoms with Crippen molar-refractivity contribution < 1.29 is 37.8 Å². The van der Waals surface area contributed by atoms with E-state index in [1.807, 2.05) is 30.3 Å². The number of rotatable bonds is 15. The van der Waals surface area contributed by atoms with E-state index in [0.29, 0.717) is 72.2 Å². The lowest BCUT2D eigenvalue weighted by Gasteiger charge is -2.39. The number of nitrogens with zero attached hydrogens (tertiary/aromatic N) is 5. The van der Waals surface area contributed by atoms with Gasteiger partial charge < -0.3 is 35.2 Å². The third-order valence-corrected chi connectivity index (χ3v) is 15.2. The number of hydrogen-bond donors (Lipinski definition) is 4. The summed E-state index contributed by atoms with van der Waals surface area (Å²) in [6, 6.07) is 24.7. The van der Waals surface area contributed by atoms with Gasteiger partial charge in [-0.05, 0) is 135 Å². The van der Waals surface area contributed by atoms with Gasteiger partial charge in [0.25, 0.3) is 5.91 Å². The van der Waals surface area contributed by atoms with Gasteiger partial charge in [-0.1, -0.05) is 0 Å². The Morgan fingerprint density at radius 2 is 1.53 bits per heavy atom. The summed E-state index contributed by atoms with van der Waals surface area (Å²) in [5.74, 6) is 0.521. The highest BCUT2D eigenvalue weighted by Crippen LogP contribution is 2.48. The standard InChI is InChI=1S/C53H56FN9O7/c1-69-47-26-42-43(56-19-14-46(42)70-40-9-6-36(7-10-40)58-52(68)53(17-18-53)51(67)57-35-4-2-34(54)3-5-35)27-45(47)60-21-15-32(16-22-60)28-62-31-38-25-39(62)30-61(38)23-20-55-37-8-11-41-33(24-37)29-63(50(41)66)44-12-13-48(64)59-49(44)65/h2-11,14,19,24,26-27,32,38-39,44,55H,12-13,15-18,20-23,25,28-31H2,1H3,(H,57,67)(H,58,68)(H,59,64,65)/t38-,39-,44?/m0/s1. The number of benzene rings is 4. The number of aromatic nitrogens is 1. The van der Waals surface area contributed by atoms with E-state index in [1.165, 1.54) is 30.7 Å². The highest BCUT2D eigenvalue weighted by molar-refractivity contribution is 6.17. The molecule has 4 saturated heterocycles. The van der Waals surface area contributed by atoms with Crippen LogP contribution in [0, 0.1) is 17.2 Å². The number of anilines is 4. The van der Waals surface area contributed by atoms with Crippen LogP contribution in [0.4, 0.5) is 27.1 Å². The van der Waals surface area contributed by atoms with E-state index in [9.17, 15) is 28.4 Å². The van der Waals surface area contributed by atoms with Crippen LogP contribution in [0.2, 0.25) is 0 Å². The topological polar surface area (TPSA) is 178 Å². The maximum Gasteiger partial charge on any atom is 0.255 e. The smallest absolute Gasteiger partial charge is 0.255 e. The van der Waals surface area contributed by atoms with Crippen molar-refractivity contribution in [2.45, 2.75) is 69.6 Å². The van der Waals surface area contributed by atoms with Crippen molar-refractivity contribution in [2.75, 3.05) is 73.8 Å². The van der Waals surface area contributed by atoms with Crippen LogP contribution in [0.5, 0.6) is 17.2 Å². The average Bonchev–Trinajstić information content (AvgIpc) is 3.83. The molecule has 4 N–H and O–H groups in total. The fourth-order valence-electron chi connectivity index (χ4n) is 11.1. The van der Waals surface area contributed by atoms with E-state index in [-0.39, 0.29) is 24.1 Å². The quantitative estimate of drug-likeness (QED) is 0.0674. The van der Waals surface area contributed by atoms with E-state index < -0.39 is 29.1 Å². The summed E-state index contributed by atoms with van der Waals surface area (Å²) in [7, 11) is 1.69. The first-order chi connectivity index (χ1) is 34.0. The molecule has 5 aromatic rings.